The normalized spacial score (nSPS) is 16.2. The molecule has 4 aromatic rings. The molecule has 0 spiro atoms. The van der Waals surface area contributed by atoms with Gasteiger partial charge in [-0.15, -0.1) is 0 Å². The number of carbonyl (C=O) groups is 1. The number of aromatic nitrogens is 1. The van der Waals surface area contributed by atoms with Gasteiger partial charge in [-0.2, -0.15) is 0 Å². The predicted octanol–water partition coefficient (Wildman–Crippen LogP) is 4.21. The molecule has 5 rings (SSSR count). The molecule has 158 valence electrons. The molecular weight excluding hydrogens is 642 g/mol. The van der Waals surface area contributed by atoms with E-state index >= 15 is 0 Å². The lowest BCUT2D eigenvalue weighted by molar-refractivity contribution is 0.0774. The number of hydrogen-bond donors (Lipinski definition) is 1. The van der Waals surface area contributed by atoms with Crippen molar-refractivity contribution in [3.05, 3.63) is 73.4 Å². The van der Waals surface area contributed by atoms with Gasteiger partial charge in [0.1, 0.15) is 4.90 Å². The molecule has 6 nitrogen and oxygen atoms in total. The molecule has 0 bridgehead atoms. The van der Waals surface area contributed by atoms with E-state index in [1.807, 2.05) is 28.8 Å². The van der Waals surface area contributed by atoms with E-state index in [9.17, 15) is 18.3 Å². The van der Waals surface area contributed by atoms with E-state index < -0.39 is 22.0 Å². The number of amides is 1. The summed E-state index contributed by atoms with van der Waals surface area (Å²) >= 11 is 4.54. The van der Waals surface area contributed by atoms with Crippen LogP contribution in [0, 0.1) is 7.14 Å². The zero-order valence-electron chi connectivity index (χ0n) is 16.0. The van der Waals surface area contributed by atoms with Gasteiger partial charge in [-0.1, -0.05) is 12.1 Å². The van der Waals surface area contributed by atoms with Gasteiger partial charge < -0.3 is 9.67 Å². The summed E-state index contributed by atoms with van der Waals surface area (Å²) in [5.74, 6) is -0.596. The topological polar surface area (TPSA) is 79.6 Å². The van der Waals surface area contributed by atoms with Crippen LogP contribution >= 0.6 is 45.2 Å². The number of rotatable bonds is 4. The standard InChI is InChI=1S/C22H16I2N2O4S/c23-13-5-7-19-17(9-13)18-10-14(24)6-8-20(18)25(19)11-15(27)12-26-22(28)16-3-1-2-4-21(16)31(26,29)30/h1-10,15,27H,11-12H2/t15-/m0/s1. The molecule has 0 radical (unpaired) electrons. The Hall–Kier alpha value is -1.70. The van der Waals surface area contributed by atoms with Gasteiger partial charge in [0.05, 0.1) is 24.8 Å². The van der Waals surface area contributed by atoms with Crippen molar-refractivity contribution >= 4 is 82.9 Å². The molecule has 1 atom stereocenters. The summed E-state index contributed by atoms with van der Waals surface area (Å²) in [5, 5.41) is 13.0. The molecular formula is C22H16I2N2O4S. The second-order valence-electron chi connectivity index (χ2n) is 7.42. The van der Waals surface area contributed by atoms with Crippen LogP contribution < -0.4 is 0 Å². The van der Waals surface area contributed by atoms with Crippen molar-refractivity contribution in [2.24, 2.45) is 0 Å². The lowest BCUT2D eigenvalue weighted by Crippen LogP contribution is -2.38. The fourth-order valence-corrected chi connectivity index (χ4v) is 6.71. The highest BCUT2D eigenvalue weighted by Gasteiger charge is 2.41. The van der Waals surface area contributed by atoms with Crippen molar-refractivity contribution in [1.82, 2.24) is 8.87 Å². The zero-order chi connectivity index (χ0) is 21.9. The predicted molar refractivity (Wildman–Crippen MR) is 136 cm³/mol. The third-order valence-electron chi connectivity index (χ3n) is 5.47. The maximum Gasteiger partial charge on any atom is 0.269 e. The Morgan fingerprint density at radius 3 is 2.03 bits per heavy atom. The Bertz CT molecular complexity index is 1420. The fraction of sp³-hybridized carbons (Fsp3) is 0.136. The number of fused-ring (bicyclic) bond motifs is 4. The largest absolute Gasteiger partial charge is 0.389 e. The summed E-state index contributed by atoms with van der Waals surface area (Å²) in [7, 11) is -3.95. The van der Waals surface area contributed by atoms with E-state index in [1.165, 1.54) is 12.1 Å². The molecule has 0 unspecified atom stereocenters. The van der Waals surface area contributed by atoms with Gasteiger partial charge in [0.15, 0.2) is 0 Å². The quantitative estimate of drug-likeness (QED) is 0.334. The number of halogens is 2. The Morgan fingerprint density at radius 1 is 0.871 bits per heavy atom. The molecule has 0 saturated carbocycles. The smallest absolute Gasteiger partial charge is 0.269 e. The maximum absolute atomic E-state index is 12.8. The number of sulfonamides is 1. The Balaban J connectivity index is 1.52. The number of hydrogen-bond acceptors (Lipinski definition) is 4. The molecule has 1 aromatic heterocycles. The number of aliphatic hydroxyl groups excluding tert-OH is 1. The van der Waals surface area contributed by atoms with E-state index in [4.69, 9.17) is 0 Å². The number of nitrogens with zero attached hydrogens (tertiary/aromatic N) is 2. The Kier molecular flexibility index (Phi) is 5.26. The molecule has 1 amide bonds. The Labute approximate surface area is 206 Å². The minimum atomic E-state index is -3.95. The van der Waals surface area contributed by atoms with E-state index in [0.29, 0.717) is 0 Å². The molecule has 31 heavy (non-hydrogen) atoms. The zero-order valence-corrected chi connectivity index (χ0v) is 21.1. The van der Waals surface area contributed by atoms with E-state index in [1.54, 1.807) is 12.1 Å². The number of β-amino-alcohol motifs (C(OH)–C–C–N with tert-alkyl or cyclic N) is 1. The van der Waals surface area contributed by atoms with E-state index in [0.717, 1.165) is 33.3 Å². The molecule has 0 fully saturated rings. The van der Waals surface area contributed by atoms with Crippen LogP contribution in [0.2, 0.25) is 0 Å². The van der Waals surface area contributed by atoms with Crippen molar-refractivity contribution in [2.45, 2.75) is 17.5 Å². The third-order valence-corrected chi connectivity index (χ3v) is 8.62. The Morgan fingerprint density at radius 2 is 1.45 bits per heavy atom. The van der Waals surface area contributed by atoms with E-state index in [-0.39, 0.29) is 23.5 Å². The molecule has 2 heterocycles. The lowest BCUT2D eigenvalue weighted by atomic mass is 10.2. The van der Waals surface area contributed by atoms with Crippen LogP contribution in [0.25, 0.3) is 21.8 Å². The summed E-state index contributed by atoms with van der Waals surface area (Å²) < 4.78 is 30.6. The highest BCUT2D eigenvalue weighted by Crippen LogP contribution is 2.33. The van der Waals surface area contributed by atoms with Crippen molar-refractivity contribution in [3.63, 3.8) is 0 Å². The molecule has 1 N–H and O–H groups in total. The summed E-state index contributed by atoms with van der Waals surface area (Å²) in [6, 6.07) is 18.3. The summed E-state index contributed by atoms with van der Waals surface area (Å²) in [6.07, 6.45) is -1.06. The van der Waals surface area contributed by atoms with Crippen molar-refractivity contribution in [3.8, 4) is 0 Å². The van der Waals surface area contributed by atoms with Crippen LogP contribution in [-0.2, 0) is 16.6 Å². The SMILES string of the molecule is O=C1c2ccccc2S(=O)(=O)N1C[C@@H](O)Cn1c2ccc(I)cc2c2cc(I)ccc21. The second kappa shape index (κ2) is 7.71. The second-order valence-corrected chi connectivity index (χ2v) is 11.7. The van der Waals surface area contributed by atoms with Gasteiger partial charge in [-0.25, -0.2) is 12.7 Å². The van der Waals surface area contributed by atoms with Gasteiger partial charge in [0.25, 0.3) is 15.9 Å². The molecule has 1 aliphatic heterocycles. The van der Waals surface area contributed by atoms with Crippen LogP contribution in [0.4, 0.5) is 0 Å². The van der Waals surface area contributed by atoms with Crippen molar-refractivity contribution in [2.75, 3.05) is 6.54 Å². The molecule has 3 aromatic carbocycles. The first kappa shape index (κ1) is 21.2. The lowest BCUT2D eigenvalue weighted by Gasteiger charge is -2.20. The van der Waals surface area contributed by atoms with Gasteiger partial charge >= 0.3 is 0 Å². The number of benzene rings is 3. The van der Waals surface area contributed by atoms with Crippen LogP contribution in [0.15, 0.2) is 65.6 Å². The van der Waals surface area contributed by atoms with Crippen molar-refractivity contribution < 1.29 is 18.3 Å². The highest BCUT2D eigenvalue weighted by molar-refractivity contribution is 14.1. The average Bonchev–Trinajstić information content (AvgIpc) is 3.12. The number of aliphatic hydroxyl groups is 1. The van der Waals surface area contributed by atoms with Gasteiger partial charge in [-0.05, 0) is 93.7 Å². The monoisotopic (exact) mass is 658 g/mol. The first-order valence-electron chi connectivity index (χ1n) is 9.48. The minimum Gasteiger partial charge on any atom is -0.389 e. The van der Waals surface area contributed by atoms with Gasteiger partial charge in [-0.3, -0.25) is 4.79 Å². The number of carbonyl (C=O) groups excluding carboxylic acids is 1. The first-order chi connectivity index (χ1) is 14.8. The van der Waals surface area contributed by atoms with Crippen LogP contribution in [0.3, 0.4) is 0 Å². The summed E-state index contributed by atoms with van der Waals surface area (Å²) in [6.45, 7) is -0.136. The maximum atomic E-state index is 12.8. The van der Waals surface area contributed by atoms with Crippen molar-refractivity contribution in [1.29, 1.82) is 0 Å². The average molecular weight is 658 g/mol. The summed E-state index contributed by atoms with van der Waals surface area (Å²) in [4.78, 5) is 12.7. The molecule has 0 saturated heterocycles. The third kappa shape index (κ3) is 3.45. The van der Waals surface area contributed by atoms with Crippen LogP contribution in [0.1, 0.15) is 10.4 Å². The van der Waals surface area contributed by atoms with Crippen LogP contribution in [0.5, 0.6) is 0 Å². The van der Waals surface area contributed by atoms with E-state index in [2.05, 4.69) is 57.3 Å². The van der Waals surface area contributed by atoms with Gasteiger partial charge in [0.2, 0.25) is 0 Å². The molecule has 9 heteroatoms. The van der Waals surface area contributed by atoms with Crippen LogP contribution in [-0.4, -0.2) is 41.0 Å². The molecule has 1 aliphatic rings. The fourth-order valence-electron chi connectivity index (χ4n) is 4.12. The summed E-state index contributed by atoms with van der Waals surface area (Å²) in [5.41, 5.74) is 2.06. The van der Waals surface area contributed by atoms with Gasteiger partial charge in [0, 0.05) is 28.9 Å². The minimum absolute atomic E-state index is 0.00628. The molecule has 0 aliphatic carbocycles. The highest BCUT2D eigenvalue weighted by atomic mass is 127. The first-order valence-corrected chi connectivity index (χ1v) is 13.1.